The first kappa shape index (κ1) is 20.6. The number of benzene rings is 2. The first-order chi connectivity index (χ1) is 14.2. The van der Waals surface area contributed by atoms with Gasteiger partial charge < -0.3 is 15.1 Å². The van der Waals surface area contributed by atoms with E-state index in [9.17, 15) is 9.59 Å². The quantitative estimate of drug-likeness (QED) is 0.721. The minimum absolute atomic E-state index is 0.152. The highest BCUT2D eigenvalue weighted by molar-refractivity contribution is 6.02. The Hall–Kier alpha value is -3.08. The van der Waals surface area contributed by atoms with E-state index in [0.717, 1.165) is 56.0 Å². The monoisotopic (exact) mass is 391 g/mol. The summed E-state index contributed by atoms with van der Waals surface area (Å²) in [7, 11) is 0. The van der Waals surface area contributed by atoms with Crippen LogP contribution in [0.3, 0.4) is 0 Å². The summed E-state index contributed by atoms with van der Waals surface area (Å²) >= 11 is 0. The second-order valence-corrected chi connectivity index (χ2v) is 7.25. The van der Waals surface area contributed by atoms with E-state index in [1.165, 1.54) is 6.08 Å². The van der Waals surface area contributed by atoms with Gasteiger partial charge >= 0.3 is 0 Å². The topological polar surface area (TPSA) is 52.7 Å². The number of hydrogen-bond acceptors (Lipinski definition) is 3. The summed E-state index contributed by atoms with van der Waals surface area (Å²) < 4.78 is 0. The number of rotatable bonds is 7. The van der Waals surface area contributed by atoms with Gasteiger partial charge in [0, 0.05) is 50.1 Å². The van der Waals surface area contributed by atoms with Gasteiger partial charge in [-0.1, -0.05) is 43.7 Å². The van der Waals surface area contributed by atoms with Crippen LogP contribution < -0.4 is 10.2 Å². The lowest BCUT2D eigenvalue weighted by molar-refractivity contribution is -0.131. The zero-order valence-corrected chi connectivity index (χ0v) is 17.0. The standard InChI is InChI=1S/C24H29N3O2/c1-2-3-9-24(29)27-18-16-26(17-19-27)22-13-11-21(12-14-22)25-23(28)15-10-20-7-5-4-6-8-20/h4-8,10-15H,2-3,9,16-19H2,1H3,(H,25,28). The van der Waals surface area contributed by atoms with Crippen LogP contribution in [0.25, 0.3) is 6.08 Å². The molecular formula is C24H29N3O2. The van der Waals surface area contributed by atoms with Gasteiger partial charge in [0.05, 0.1) is 0 Å². The Morgan fingerprint density at radius 2 is 1.66 bits per heavy atom. The number of carbonyl (C=O) groups excluding carboxylic acids is 2. The molecule has 2 aromatic carbocycles. The highest BCUT2D eigenvalue weighted by Gasteiger charge is 2.20. The molecule has 152 valence electrons. The van der Waals surface area contributed by atoms with Crippen molar-refractivity contribution in [3.8, 4) is 0 Å². The number of hydrogen-bond donors (Lipinski definition) is 1. The largest absolute Gasteiger partial charge is 0.368 e. The molecule has 3 rings (SSSR count). The Labute approximate surface area is 173 Å². The van der Waals surface area contributed by atoms with E-state index in [1.54, 1.807) is 6.08 Å². The van der Waals surface area contributed by atoms with Gasteiger partial charge in [0.1, 0.15) is 0 Å². The number of nitrogens with one attached hydrogen (secondary N) is 1. The van der Waals surface area contributed by atoms with Crippen molar-refractivity contribution in [3.63, 3.8) is 0 Å². The fourth-order valence-corrected chi connectivity index (χ4v) is 3.38. The minimum Gasteiger partial charge on any atom is -0.368 e. The molecule has 0 unspecified atom stereocenters. The summed E-state index contributed by atoms with van der Waals surface area (Å²) in [6.07, 6.45) is 6.01. The van der Waals surface area contributed by atoms with Gasteiger partial charge in [-0.2, -0.15) is 0 Å². The maximum Gasteiger partial charge on any atom is 0.248 e. The Balaban J connectivity index is 1.48. The third-order valence-corrected chi connectivity index (χ3v) is 5.10. The van der Waals surface area contributed by atoms with E-state index in [0.29, 0.717) is 6.42 Å². The molecule has 1 fully saturated rings. The Morgan fingerprint density at radius 3 is 2.31 bits per heavy atom. The molecule has 29 heavy (non-hydrogen) atoms. The molecule has 1 aliphatic heterocycles. The third kappa shape index (κ3) is 6.21. The van der Waals surface area contributed by atoms with Crippen molar-refractivity contribution in [3.05, 3.63) is 66.2 Å². The van der Waals surface area contributed by atoms with Gasteiger partial charge in [-0.25, -0.2) is 0 Å². The second-order valence-electron chi connectivity index (χ2n) is 7.25. The molecule has 5 nitrogen and oxygen atoms in total. The van der Waals surface area contributed by atoms with Crippen LogP contribution in [0.15, 0.2) is 60.7 Å². The molecule has 0 radical (unpaired) electrons. The maximum atomic E-state index is 12.2. The SMILES string of the molecule is CCCCC(=O)N1CCN(c2ccc(NC(=O)C=Cc3ccccc3)cc2)CC1. The number of carbonyl (C=O) groups is 2. The molecule has 1 N–H and O–H groups in total. The van der Waals surface area contributed by atoms with Crippen LogP contribution in [-0.4, -0.2) is 42.9 Å². The fraction of sp³-hybridized carbons (Fsp3) is 0.333. The van der Waals surface area contributed by atoms with Crippen LogP contribution in [0.2, 0.25) is 0 Å². The number of nitrogens with zero attached hydrogens (tertiary/aromatic N) is 2. The van der Waals surface area contributed by atoms with Gasteiger partial charge in [0.2, 0.25) is 11.8 Å². The molecular weight excluding hydrogens is 362 g/mol. The fourth-order valence-electron chi connectivity index (χ4n) is 3.38. The Bertz CT molecular complexity index is 823. The lowest BCUT2D eigenvalue weighted by atomic mass is 10.2. The smallest absolute Gasteiger partial charge is 0.248 e. The minimum atomic E-state index is -0.152. The van der Waals surface area contributed by atoms with Crippen LogP contribution >= 0.6 is 0 Å². The third-order valence-electron chi connectivity index (χ3n) is 5.10. The van der Waals surface area contributed by atoms with Crippen molar-refractivity contribution in [2.45, 2.75) is 26.2 Å². The number of anilines is 2. The Morgan fingerprint density at radius 1 is 0.966 bits per heavy atom. The van der Waals surface area contributed by atoms with Crippen LogP contribution in [-0.2, 0) is 9.59 Å². The summed E-state index contributed by atoms with van der Waals surface area (Å²) in [6, 6.07) is 17.6. The summed E-state index contributed by atoms with van der Waals surface area (Å²) in [6.45, 7) is 5.32. The molecule has 0 saturated carbocycles. The number of unbranched alkanes of at least 4 members (excludes halogenated alkanes) is 1. The zero-order chi connectivity index (χ0) is 20.5. The van der Waals surface area contributed by atoms with Crippen LogP contribution in [0, 0.1) is 0 Å². The molecule has 0 spiro atoms. The summed E-state index contributed by atoms with van der Waals surface area (Å²) in [5.41, 5.74) is 2.87. The van der Waals surface area contributed by atoms with E-state index < -0.39 is 0 Å². The summed E-state index contributed by atoms with van der Waals surface area (Å²) in [5, 5.41) is 2.89. The molecule has 2 amide bonds. The molecule has 0 aromatic heterocycles. The van der Waals surface area contributed by atoms with E-state index in [2.05, 4.69) is 17.1 Å². The van der Waals surface area contributed by atoms with E-state index in [1.807, 2.05) is 59.5 Å². The summed E-state index contributed by atoms with van der Waals surface area (Å²) in [4.78, 5) is 28.5. The maximum absolute atomic E-state index is 12.2. The average Bonchev–Trinajstić information content (AvgIpc) is 2.77. The number of piperazine rings is 1. The first-order valence-electron chi connectivity index (χ1n) is 10.3. The van der Waals surface area contributed by atoms with Crippen LogP contribution in [0.4, 0.5) is 11.4 Å². The summed E-state index contributed by atoms with van der Waals surface area (Å²) in [5.74, 6) is 0.119. The van der Waals surface area contributed by atoms with Gasteiger partial charge in [0.15, 0.2) is 0 Å². The van der Waals surface area contributed by atoms with Gasteiger partial charge in [0.25, 0.3) is 0 Å². The zero-order valence-electron chi connectivity index (χ0n) is 17.0. The molecule has 0 bridgehead atoms. The van der Waals surface area contributed by atoms with E-state index >= 15 is 0 Å². The van der Waals surface area contributed by atoms with Crippen molar-refractivity contribution >= 4 is 29.3 Å². The second kappa shape index (κ2) is 10.5. The molecule has 1 aliphatic rings. The molecule has 5 heteroatoms. The van der Waals surface area contributed by atoms with Crippen LogP contribution in [0.1, 0.15) is 31.7 Å². The molecule has 1 saturated heterocycles. The normalized spacial score (nSPS) is 14.2. The van der Waals surface area contributed by atoms with Gasteiger partial charge in [-0.05, 0) is 42.3 Å². The van der Waals surface area contributed by atoms with Crippen molar-refractivity contribution in [2.75, 3.05) is 36.4 Å². The predicted octanol–water partition coefficient (Wildman–Crippen LogP) is 4.18. The van der Waals surface area contributed by atoms with Crippen molar-refractivity contribution < 1.29 is 9.59 Å². The van der Waals surface area contributed by atoms with E-state index in [4.69, 9.17) is 0 Å². The number of amides is 2. The van der Waals surface area contributed by atoms with Crippen LogP contribution in [0.5, 0.6) is 0 Å². The van der Waals surface area contributed by atoms with Crippen molar-refractivity contribution in [1.29, 1.82) is 0 Å². The molecule has 1 heterocycles. The van der Waals surface area contributed by atoms with Gasteiger partial charge in [-0.15, -0.1) is 0 Å². The molecule has 0 aliphatic carbocycles. The lowest BCUT2D eigenvalue weighted by Gasteiger charge is -2.36. The molecule has 2 aromatic rings. The predicted molar refractivity (Wildman–Crippen MR) is 119 cm³/mol. The molecule has 0 atom stereocenters. The Kier molecular flexibility index (Phi) is 7.45. The van der Waals surface area contributed by atoms with Crippen molar-refractivity contribution in [1.82, 2.24) is 4.90 Å². The average molecular weight is 392 g/mol. The highest BCUT2D eigenvalue weighted by Crippen LogP contribution is 2.20. The first-order valence-corrected chi connectivity index (χ1v) is 10.3. The van der Waals surface area contributed by atoms with Crippen molar-refractivity contribution in [2.24, 2.45) is 0 Å². The van der Waals surface area contributed by atoms with Gasteiger partial charge in [-0.3, -0.25) is 9.59 Å². The van der Waals surface area contributed by atoms with E-state index in [-0.39, 0.29) is 11.8 Å². The highest BCUT2D eigenvalue weighted by atomic mass is 16.2. The lowest BCUT2D eigenvalue weighted by Crippen LogP contribution is -2.48.